The summed E-state index contributed by atoms with van der Waals surface area (Å²) in [6, 6.07) is 16.6. The monoisotopic (exact) mass is 352 g/mol. The van der Waals surface area contributed by atoms with Crippen LogP contribution >= 0.6 is 11.6 Å². The molecule has 3 aromatic rings. The molecule has 0 saturated carbocycles. The third kappa shape index (κ3) is 5.02. The van der Waals surface area contributed by atoms with Crippen LogP contribution in [0.1, 0.15) is 21.6 Å². The number of anilines is 1. The predicted octanol–water partition coefficient (Wildman–Crippen LogP) is 3.67. The van der Waals surface area contributed by atoms with Gasteiger partial charge in [0.25, 0.3) is 5.91 Å². The maximum absolute atomic E-state index is 12.2. The maximum Gasteiger partial charge on any atom is 0.253 e. The normalized spacial score (nSPS) is 10.3. The second kappa shape index (κ2) is 8.26. The van der Waals surface area contributed by atoms with Gasteiger partial charge in [-0.15, -0.1) is 0 Å². The van der Waals surface area contributed by atoms with Gasteiger partial charge in [-0.25, -0.2) is 4.98 Å². The van der Waals surface area contributed by atoms with E-state index in [0.29, 0.717) is 29.5 Å². The third-order valence-corrected chi connectivity index (χ3v) is 3.82. The average molecular weight is 353 g/mol. The number of benzene rings is 1. The Kier molecular flexibility index (Phi) is 5.59. The van der Waals surface area contributed by atoms with Crippen LogP contribution in [-0.2, 0) is 13.1 Å². The van der Waals surface area contributed by atoms with E-state index >= 15 is 0 Å². The molecular formula is C19H17ClN4O. The van der Waals surface area contributed by atoms with Crippen molar-refractivity contribution in [2.24, 2.45) is 0 Å². The molecule has 0 aliphatic rings. The molecule has 0 spiro atoms. The molecule has 2 heterocycles. The molecule has 2 N–H and O–H groups in total. The molecule has 0 fully saturated rings. The van der Waals surface area contributed by atoms with Gasteiger partial charge in [-0.3, -0.25) is 9.78 Å². The molecule has 3 rings (SSSR count). The molecule has 5 nitrogen and oxygen atoms in total. The molecule has 0 radical (unpaired) electrons. The molecule has 0 atom stereocenters. The molecule has 126 valence electrons. The molecule has 2 aromatic heterocycles. The molecule has 0 aliphatic heterocycles. The van der Waals surface area contributed by atoms with Gasteiger partial charge < -0.3 is 10.6 Å². The fourth-order valence-electron chi connectivity index (χ4n) is 2.20. The first-order chi connectivity index (χ1) is 12.2. The molecule has 1 aromatic carbocycles. The van der Waals surface area contributed by atoms with Crippen LogP contribution < -0.4 is 10.6 Å². The zero-order chi connectivity index (χ0) is 17.5. The van der Waals surface area contributed by atoms with E-state index in [1.807, 2.05) is 30.3 Å². The van der Waals surface area contributed by atoms with Gasteiger partial charge in [0, 0.05) is 24.0 Å². The standard InChI is InChI=1S/C19H17ClN4O/c20-16-7-4-14(5-8-16)11-24-19(25)15-6-9-18(22-12-15)23-13-17-3-1-2-10-21-17/h1-10,12H,11,13H2,(H,22,23)(H,24,25). The number of hydrogen-bond acceptors (Lipinski definition) is 4. The summed E-state index contributed by atoms with van der Waals surface area (Å²) in [6.45, 7) is 1.02. The van der Waals surface area contributed by atoms with Crippen molar-refractivity contribution in [2.45, 2.75) is 13.1 Å². The van der Waals surface area contributed by atoms with Crippen LogP contribution in [0.5, 0.6) is 0 Å². The van der Waals surface area contributed by atoms with Crippen LogP contribution in [0.15, 0.2) is 67.0 Å². The van der Waals surface area contributed by atoms with Crippen molar-refractivity contribution in [3.63, 3.8) is 0 Å². The number of halogens is 1. The molecule has 1 amide bonds. The molecule has 0 aliphatic carbocycles. The van der Waals surface area contributed by atoms with Gasteiger partial charge in [-0.2, -0.15) is 0 Å². The van der Waals surface area contributed by atoms with Crippen LogP contribution in [0, 0.1) is 0 Å². The van der Waals surface area contributed by atoms with E-state index in [-0.39, 0.29) is 5.91 Å². The maximum atomic E-state index is 12.2. The van der Waals surface area contributed by atoms with Crippen molar-refractivity contribution in [2.75, 3.05) is 5.32 Å². The fourth-order valence-corrected chi connectivity index (χ4v) is 2.33. The van der Waals surface area contributed by atoms with E-state index in [9.17, 15) is 4.79 Å². The number of hydrogen-bond donors (Lipinski definition) is 2. The molecule has 6 heteroatoms. The zero-order valence-electron chi connectivity index (χ0n) is 13.4. The van der Waals surface area contributed by atoms with Gasteiger partial charge in [0.1, 0.15) is 5.82 Å². The smallest absolute Gasteiger partial charge is 0.253 e. The molecule has 0 unspecified atom stereocenters. The highest BCUT2D eigenvalue weighted by atomic mass is 35.5. The Labute approximate surface area is 151 Å². The summed E-state index contributed by atoms with van der Waals surface area (Å²) >= 11 is 5.84. The van der Waals surface area contributed by atoms with Gasteiger partial charge in [0.05, 0.1) is 17.8 Å². The van der Waals surface area contributed by atoms with Crippen molar-refractivity contribution in [1.82, 2.24) is 15.3 Å². The van der Waals surface area contributed by atoms with Crippen LogP contribution in [0.4, 0.5) is 5.82 Å². The SMILES string of the molecule is O=C(NCc1ccc(Cl)cc1)c1ccc(NCc2ccccn2)nc1. The van der Waals surface area contributed by atoms with Gasteiger partial charge in [0.2, 0.25) is 0 Å². The topological polar surface area (TPSA) is 66.9 Å². The summed E-state index contributed by atoms with van der Waals surface area (Å²) < 4.78 is 0. The summed E-state index contributed by atoms with van der Waals surface area (Å²) in [6.07, 6.45) is 3.30. The molecule has 25 heavy (non-hydrogen) atoms. The van der Waals surface area contributed by atoms with Crippen molar-refractivity contribution in [3.8, 4) is 0 Å². The number of amides is 1. The second-order valence-electron chi connectivity index (χ2n) is 5.42. The Bertz CT molecular complexity index is 820. The summed E-state index contributed by atoms with van der Waals surface area (Å²) in [5.74, 6) is 0.527. The number of pyridine rings is 2. The largest absolute Gasteiger partial charge is 0.364 e. The van der Waals surface area contributed by atoms with E-state index in [1.165, 1.54) is 0 Å². The van der Waals surface area contributed by atoms with Crippen LogP contribution in [0.3, 0.4) is 0 Å². The first-order valence-corrected chi connectivity index (χ1v) is 8.21. The minimum absolute atomic E-state index is 0.168. The summed E-state index contributed by atoms with van der Waals surface area (Å²) in [5.41, 5.74) is 2.42. The van der Waals surface area contributed by atoms with Crippen LogP contribution in [-0.4, -0.2) is 15.9 Å². The van der Waals surface area contributed by atoms with Crippen molar-refractivity contribution in [3.05, 3.63) is 88.8 Å². The molecular weight excluding hydrogens is 336 g/mol. The Morgan fingerprint density at radius 2 is 1.80 bits per heavy atom. The average Bonchev–Trinajstić information content (AvgIpc) is 2.67. The number of carbonyl (C=O) groups is 1. The lowest BCUT2D eigenvalue weighted by Gasteiger charge is -2.07. The highest BCUT2D eigenvalue weighted by molar-refractivity contribution is 6.30. The van der Waals surface area contributed by atoms with Crippen molar-refractivity contribution in [1.29, 1.82) is 0 Å². The number of aromatic nitrogens is 2. The molecule has 0 bridgehead atoms. The molecule has 0 saturated heterocycles. The van der Waals surface area contributed by atoms with Gasteiger partial charge in [-0.05, 0) is 42.0 Å². The Hall–Kier alpha value is -2.92. The highest BCUT2D eigenvalue weighted by Gasteiger charge is 2.06. The summed E-state index contributed by atoms with van der Waals surface area (Å²) in [5, 5.41) is 6.71. The van der Waals surface area contributed by atoms with Gasteiger partial charge >= 0.3 is 0 Å². The van der Waals surface area contributed by atoms with Crippen LogP contribution in [0.25, 0.3) is 0 Å². The third-order valence-electron chi connectivity index (χ3n) is 3.57. The van der Waals surface area contributed by atoms with Crippen molar-refractivity contribution >= 4 is 23.3 Å². The van der Waals surface area contributed by atoms with E-state index in [0.717, 1.165) is 11.3 Å². The quantitative estimate of drug-likeness (QED) is 0.710. The van der Waals surface area contributed by atoms with E-state index < -0.39 is 0 Å². The van der Waals surface area contributed by atoms with Gasteiger partial charge in [0.15, 0.2) is 0 Å². The lowest BCUT2D eigenvalue weighted by Crippen LogP contribution is -2.22. The number of rotatable bonds is 6. The number of nitrogens with zero attached hydrogens (tertiary/aromatic N) is 2. The summed E-state index contributed by atoms with van der Waals surface area (Å²) in [4.78, 5) is 20.7. The first-order valence-electron chi connectivity index (χ1n) is 7.83. The number of nitrogens with one attached hydrogen (secondary N) is 2. The first kappa shape index (κ1) is 16.9. The number of carbonyl (C=O) groups excluding carboxylic acids is 1. The summed E-state index contributed by atoms with van der Waals surface area (Å²) in [7, 11) is 0. The van der Waals surface area contributed by atoms with Crippen LogP contribution in [0.2, 0.25) is 5.02 Å². The lowest BCUT2D eigenvalue weighted by molar-refractivity contribution is 0.0950. The van der Waals surface area contributed by atoms with E-state index in [1.54, 1.807) is 36.7 Å². The van der Waals surface area contributed by atoms with E-state index in [4.69, 9.17) is 11.6 Å². The predicted molar refractivity (Wildman–Crippen MR) is 98.4 cm³/mol. The Morgan fingerprint density at radius 3 is 2.48 bits per heavy atom. The zero-order valence-corrected chi connectivity index (χ0v) is 14.2. The fraction of sp³-hybridized carbons (Fsp3) is 0.105. The minimum Gasteiger partial charge on any atom is -0.364 e. The Balaban J connectivity index is 1.52. The second-order valence-corrected chi connectivity index (χ2v) is 5.85. The van der Waals surface area contributed by atoms with Gasteiger partial charge in [-0.1, -0.05) is 29.8 Å². The minimum atomic E-state index is -0.168. The Morgan fingerprint density at radius 1 is 0.960 bits per heavy atom. The van der Waals surface area contributed by atoms with E-state index in [2.05, 4.69) is 20.6 Å². The lowest BCUT2D eigenvalue weighted by atomic mass is 10.2. The highest BCUT2D eigenvalue weighted by Crippen LogP contribution is 2.10. The van der Waals surface area contributed by atoms with Crippen molar-refractivity contribution < 1.29 is 4.79 Å².